The van der Waals surface area contributed by atoms with Gasteiger partial charge in [-0.15, -0.1) is 0 Å². The van der Waals surface area contributed by atoms with Crippen LogP contribution in [-0.2, 0) is 4.79 Å². The maximum absolute atomic E-state index is 11.8. The van der Waals surface area contributed by atoms with Crippen LogP contribution in [-0.4, -0.2) is 48.6 Å². The predicted molar refractivity (Wildman–Crippen MR) is 72.6 cm³/mol. The highest BCUT2D eigenvalue weighted by atomic mass is 16.3. The first-order valence-corrected chi connectivity index (χ1v) is 5.65. The Kier molecular flexibility index (Phi) is 4.71. The summed E-state index contributed by atoms with van der Waals surface area (Å²) < 4.78 is 0. The van der Waals surface area contributed by atoms with Gasteiger partial charge in [0.15, 0.2) is 0 Å². The summed E-state index contributed by atoms with van der Waals surface area (Å²) in [4.78, 5) is 23.9. The molecule has 7 heteroatoms. The first kappa shape index (κ1) is 14.8. The van der Waals surface area contributed by atoms with Crippen molar-refractivity contribution in [2.45, 2.75) is 6.10 Å². The molecule has 0 fully saturated rings. The van der Waals surface area contributed by atoms with E-state index in [9.17, 15) is 14.7 Å². The molecule has 1 atom stereocenters. The summed E-state index contributed by atoms with van der Waals surface area (Å²) in [7, 11) is 3.28. The van der Waals surface area contributed by atoms with E-state index in [1.165, 1.54) is 4.90 Å². The first-order chi connectivity index (χ1) is 8.82. The van der Waals surface area contributed by atoms with Gasteiger partial charge in [0.25, 0.3) is 5.91 Å². The van der Waals surface area contributed by atoms with E-state index in [-0.39, 0.29) is 12.5 Å². The van der Waals surface area contributed by atoms with E-state index in [0.29, 0.717) is 16.9 Å². The fraction of sp³-hybridized carbons (Fsp3) is 0.333. The van der Waals surface area contributed by atoms with E-state index in [4.69, 9.17) is 11.5 Å². The summed E-state index contributed by atoms with van der Waals surface area (Å²) in [5.41, 5.74) is 12.0. The van der Waals surface area contributed by atoms with Crippen LogP contribution in [0.5, 0.6) is 0 Å². The second kappa shape index (κ2) is 6.05. The molecular weight excluding hydrogens is 248 g/mol. The lowest BCUT2D eigenvalue weighted by Gasteiger charge is -2.15. The number of primary amides is 1. The molecule has 1 aromatic carbocycles. The van der Waals surface area contributed by atoms with Gasteiger partial charge in [0, 0.05) is 26.2 Å². The standard InChI is InChI=1S/C12H18N4O3/c1-16(2)12(19)7-3-4-8(13)9(5-7)15-6-10(17)11(14)18/h3-5,10,15,17H,6,13H2,1-2H3,(H2,14,18). The fourth-order valence-corrected chi connectivity index (χ4v) is 1.41. The molecule has 1 unspecified atom stereocenters. The molecule has 19 heavy (non-hydrogen) atoms. The zero-order valence-electron chi connectivity index (χ0n) is 10.9. The molecule has 7 nitrogen and oxygen atoms in total. The van der Waals surface area contributed by atoms with Crippen LogP contribution in [0, 0.1) is 0 Å². The minimum Gasteiger partial charge on any atom is -0.397 e. The molecular formula is C12H18N4O3. The highest BCUT2D eigenvalue weighted by Crippen LogP contribution is 2.20. The lowest BCUT2D eigenvalue weighted by Crippen LogP contribution is -2.34. The van der Waals surface area contributed by atoms with Crippen molar-refractivity contribution in [1.82, 2.24) is 4.90 Å². The van der Waals surface area contributed by atoms with Crippen LogP contribution in [0.25, 0.3) is 0 Å². The summed E-state index contributed by atoms with van der Waals surface area (Å²) in [6.45, 7) is -0.0703. The third-order valence-electron chi connectivity index (χ3n) is 2.52. The van der Waals surface area contributed by atoms with Gasteiger partial charge in [0.2, 0.25) is 5.91 Å². The fourth-order valence-electron chi connectivity index (χ4n) is 1.41. The lowest BCUT2D eigenvalue weighted by molar-refractivity contribution is -0.125. The van der Waals surface area contributed by atoms with Crippen molar-refractivity contribution in [3.63, 3.8) is 0 Å². The highest BCUT2D eigenvalue weighted by Gasteiger charge is 2.13. The molecule has 0 heterocycles. The van der Waals surface area contributed by atoms with Crippen molar-refractivity contribution in [2.24, 2.45) is 5.73 Å². The first-order valence-electron chi connectivity index (χ1n) is 5.65. The Labute approximate surface area is 111 Å². The number of carbonyl (C=O) groups is 2. The SMILES string of the molecule is CN(C)C(=O)c1ccc(N)c(NCC(O)C(N)=O)c1. The number of aliphatic hydroxyl groups is 1. The van der Waals surface area contributed by atoms with Gasteiger partial charge in [-0.05, 0) is 18.2 Å². The van der Waals surface area contributed by atoms with E-state index in [2.05, 4.69) is 5.32 Å². The number of rotatable bonds is 5. The van der Waals surface area contributed by atoms with Crippen LogP contribution in [0.1, 0.15) is 10.4 Å². The number of hydrogen-bond acceptors (Lipinski definition) is 5. The Morgan fingerprint density at radius 3 is 2.58 bits per heavy atom. The zero-order chi connectivity index (χ0) is 14.6. The van der Waals surface area contributed by atoms with Crippen LogP contribution in [0.3, 0.4) is 0 Å². The number of aliphatic hydroxyl groups excluding tert-OH is 1. The van der Waals surface area contributed by atoms with Crippen LogP contribution in [0.15, 0.2) is 18.2 Å². The van der Waals surface area contributed by atoms with Crippen molar-refractivity contribution in [1.29, 1.82) is 0 Å². The Morgan fingerprint density at radius 2 is 2.05 bits per heavy atom. The van der Waals surface area contributed by atoms with E-state index in [0.717, 1.165) is 0 Å². The number of carbonyl (C=O) groups excluding carboxylic acids is 2. The molecule has 0 saturated carbocycles. The number of amides is 2. The average molecular weight is 266 g/mol. The predicted octanol–water partition coefficient (Wildman–Crippen LogP) is -0.771. The van der Waals surface area contributed by atoms with Crippen molar-refractivity contribution < 1.29 is 14.7 Å². The third-order valence-corrected chi connectivity index (χ3v) is 2.52. The molecule has 0 radical (unpaired) electrons. The van der Waals surface area contributed by atoms with Crippen LogP contribution >= 0.6 is 0 Å². The summed E-state index contributed by atoms with van der Waals surface area (Å²) >= 11 is 0. The monoisotopic (exact) mass is 266 g/mol. The maximum Gasteiger partial charge on any atom is 0.253 e. The number of nitrogen functional groups attached to an aromatic ring is 1. The van der Waals surface area contributed by atoms with Gasteiger partial charge < -0.3 is 26.8 Å². The minimum atomic E-state index is -1.31. The molecule has 0 aliphatic carbocycles. The third kappa shape index (κ3) is 3.85. The number of nitrogens with one attached hydrogen (secondary N) is 1. The maximum atomic E-state index is 11.8. The molecule has 0 spiro atoms. The number of nitrogens with zero attached hydrogens (tertiary/aromatic N) is 1. The van der Waals surface area contributed by atoms with Crippen LogP contribution in [0.2, 0.25) is 0 Å². The molecule has 104 valence electrons. The average Bonchev–Trinajstić information content (AvgIpc) is 2.36. The van der Waals surface area contributed by atoms with Gasteiger partial charge in [0.1, 0.15) is 6.10 Å². The number of hydrogen-bond donors (Lipinski definition) is 4. The second-order valence-electron chi connectivity index (χ2n) is 4.30. The van der Waals surface area contributed by atoms with Gasteiger partial charge in [-0.1, -0.05) is 0 Å². The Morgan fingerprint density at radius 1 is 1.42 bits per heavy atom. The number of nitrogens with two attached hydrogens (primary N) is 2. The van der Waals surface area contributed by atoms with Gasteiger partial charge in [0.05, 0.1) is 11.4 Å². The van der Waals surface area contributed by atoms with Crippen molar-refractivity contribution >= 4 is 23.2 Å². The van der Waals surface area contributed by atoms with Crippen LogP contribution in [0.4, 0.5) is 11.4 Å². The molecule has 0 bridgehead atoms. The molecule has 6 N–H and O–H groups in total. The lowest BCUT2D eigenvalue weighted by atomic mass is 10.1. The molecule has 0 saturated heterocycles. The van der Waals surface area contributed by atoms with Gasteiger partial charge in [-0.25, -0.2) is 0 Å². The molecule has 0 aromatic heterocycles. The molecule has 1 rings (SSSR count). The van der Waals surface area contributed by atoms with Crippen molar-refractivity contribution in [3.8, 4) is 0 Å². The minimum absolute atomic E-state index is 0.0703. The van der Waals surface area contributed by atoms with Crippen LogP contribution < -0.4 is 16.8 Å². The van der Waals surface area contributed by atoms with Crippen molar-refractivity contribution in [2.75, 3.05) is 31.7 Å². The largest absolute Gasteiger partial charge is 0.397 e. The number of benzene rings is 1. The summed E-state index contributed by atoms with van der Waals surface area (Å²) in [6, 6.07) is 4.74. The molecule has 0 aliphatic heterocycles. The normalized spacial score (nSPS) is 11.7. The quantitative estimate of drug-likeness (QED) is 0.521. The summed E-state index contributed by atoms with van der Waals surface area (Å²) in [5, 5.41) is 12.1. The molecule has 0 aliphatic rings. The van der Waals surface area contributed by atoms with E-state index >= 15 is 0 Å². The van der Waals surface area contributed by atoms with Gasteiger partial charge in [-0.3, -0.25) is 9.59 Å². The Bertz CT molecular complexity index is 488. The topological polar surface area (TPSA) is 122 Å². The van der Waals surface area contributed by atoms with Gasteiger partial charge in [-0.2, -0.15) is 0 Å². The molecule has 1 aromatic rings. The van der Waals surface area contributed by atoms with E-state index in [1.54, 1.807) is 32.3 Å². The zero-order valence-corrected chi connectivity index (χ0v) is 10.9. The van der Waals surface area contributed by atoms with E-state index < -0.39 is 12.0 Å². The second-order valence-corrected chi connectivity index (χ2v) is 4.30. The molecule has 2 amide bonds. The van der Waals surface area contributed by atoms with Crippen molar-refractivity contribution in [3.05, 3.63) is 23.8 Å². The summed E-state index contributed by atoms with van der Waals surface area (Å²) in [5.74, 6) is -0.995. The van der Waals surface area contributed by atoms with E-state index in [1.807, 2.05) is 0 Å². The smallest absolute Gasteiger partial charge is 0.253 e. The Hall–Kier alpha value is -2.28. The summed E-state index contributed by atoms with van der Waals surface area (Å²) in [6.07, 6.45) is -1.31. The number of anilines is 2. The highest BCUT2D eigenvalue weighted by molar-refractivity contribution is 5.96. The van der Waals surface area contributed by atoms with Gasteiger partial charge >= 0.3 is 0 Å². The Balaban J connectivity index is 2.86.